The van der Waals surface area contributed by atoms with Gasteiger partial charge in [0.05, 0.1) is 0 Å². The van der Waals surface area contributed by atoms with E-state index < -0.39 is 6.03 Å². The summed E-state index contributed by atoms with van der Waals surface area (Å²) in [5, 5.41) is 10.4. The van der Waals surface area contributed by atoms with Gasteiger partial charge < -0.3 is 0 Å². The molecule has 5 heteroatoms. The van der Waals surface area contributed by atoms with E-state index in [2.05, 4.69) is 5.43 Å². The van der Waals surface area contributed by atoms with Gasteiger partial charge in [0.2, 0.25) is 0 Å². The molecule has 0 atom stereocenters. The molecule has 0 fully saturated rings. The maximum absolute atomic E-state index is 10.5. The van der Waals surface area contributed by atoms with Crippen LogP contribution in [0.3, 0.4) is 0 Å². The Labute approximate surface area is 53.8 Å². The predicted molar refractivity (Wildman–Crippen MR) is 31.8 cm³/mol. The Morgan fingerprint density at radius 3 is 2.00 bits per heavy atom. The predicted octanol–water partition coefficient (Wildman–Crippen LogP) is -0.506. The van der Waals surface area contributed by atoms with Gasteiger partial charge in [-0.05, 0) is 0 Å². The number of hydroxylamine groups is 2. The molecule has 5 nitrogen and oxygen atoms in total. The van der Waals surface area contributed by atoms with Gasteiger partial charge in [0.25, 0.3) is 0 Å². The molecular weight excluding hydrogens is 122 g/mol. The number of amides is 2. The maximum atomic E-state index is 10.5. The summed E-state index contributed by atoms with van der Waals surface area (Å²) in [6.45, 7) is 0. The summed E-state index contributed by atoms with van der Waals surface area (Å²) in [5.74, 6) is 0. The number of hydrogen-bond donors (Lipinski definition) is 2. The van der Waals surface area contributed by atoms with Gasteiger partial charge in [-0.25, -0.2) is 14.9 Å². The van der Waals surface area contributed by atoms with Crippen molar-refractivity contribution in [2.75, 3.05) is 21.1 Å². The minimum Gasteiger partial charge on any atom is -0.285 e. The Bertz CT molecular complexity index is 102. The first-order chi connectivity index (χ1) is 4.04. The lowest BCUT2D eigenvalue weighted by molar-refractivity contribution is -0.0245. The van der Waals surface area contributed by atoms with Gasteiger partial charge >= 0.3 is 6.03 Å². The molecule has 0 unspecified atom stereocenters. The van der Waals surface area contributed by atoms with Crippen molar-refractivity contribution in [2.24, 2.45) is 0 Å². The highest BCUT2D eigenvalue weighted by Crippen LogP contribution is 1.75. The zero-order valence-corrected chi connectivity index (χ0v) is 5.75. The minimum absolute atomic E-state index is 0.472. The van der Waals surface area contributed by atoms with Crippen LogP contribution >= 0.6 is 0 Å². The third kappa shape index (κ3) is 3.75. The Balaban J connectivity index is 3.51. The van der Waals surface area contributed by atoms with Crippen LogP contribution in [-0.4, -0.2) is 42.5 Å². The number of carbonyl (C=O) groups excluding carboxylic acids is 1. The fourth-order valence-corrected chi connectivity index (χ4v) is 0.264. The summed E-state index contributed by atoms with van der Waals surface area (Å²) in [5.41, 5.74) is 2.31. The zero-order valence-electron chi connectivity index (χ0n) is 5.75. The molecule has 0 aromatic carbocycles. The summed E-state index contributed by atoms with van der Waals surface area (Å²) in [4.78, 5) is 10.5. The Morgan fingerprint density at radius 2 is 1.89 bits per heavy atom. The first-order valence-electron chi connectivity index (χ1n) is 2.44. The van der Waals surface area contributed by atoms with Crippen LogP contribution < -0.4 is 5.43 Å². The third-order valence-electron chi connectivity index (χ3n) is 0.613. The highest BCUT2D eigenvalue weighted by Gasteiger charge is 2.02. The molecule has 0 aliphatic carbocycles. The molecule has 2 amide bonds. The SMILES string of the molecule is CN(C)NC(=O)N(C)O. The fraction of sp³-hybridized carbons (Fsp3) is 0.750. The van der Waals surface area contributed by atoms with Crippen LogP contribution in [0.4, 0.5) is 4.79 Å². The van der Waals surface area contributed by atoms with Gasteiger partial charge in [-0.3, -0.25) is 10.6 Å². The van der Waals surface area contributed by atoms with Gasteiger partial charge in [0, 0.05) is 21.1 Å². The molecule has 0 aromatic heterocycles. The van der Waals surface area contributed by atoms with Crippen molar-refractivity contribution in [3.63, 3.8) is 0 Å². The average Bonchev–Trinajstić information content (AvgIpc) is 1.63. The van der Waals surface area contributed by atoms with Crippen LogP contribution in [0.1, 0.15) is 0 Å². The monoisotopic (exact) mass is 133 g/mol. The van der Waals surface area contributed by atoms with Gasteiger partial charge in [-0.15, -0.1) is 0 Å². The maximum Gasteiger partial charge on any atom is 0.355 e. The molecule has 54 valence electrons. The van der Waals surface area contributed by atoms with E-state index in [1.165, 1.54) is 12.1 Å². The van der Waals surface area contributed by atoms with Crippen molar-refractivity contribution in [1.29, 1.82) is 0 Å². The molecule has 0 aliphatic heterocycles. The molecule has 9 heavy (non-hydrogen) atoms. The van der Waals surface area contributed by atoms with Crippen molar-refractivity contribution >= 4 is 6.03 Å². The molecular formula is C4H11N3O2. The lowest BCUT2D eigenvalue weighted by atomic mass is 10.9. The number of nitrogens with one attached hydrogen (secondary N) is 1. The highest BCUT2D eigenvalue weighted by molar-refractivity contribution is 5.71. The van der Waals surface area contributed by atoms with Gasteiger partial charge in [-0.2, -0.15) is 0 Å². The number of nitrogens with zero attached hydrogens (tertiary/aromatic N) is 2. The van der Waals surface area contributed by atoms with Crippen LogP contribution in [0.2, 0.25) is 0 Å². The normalized spacial score (nSPS) is 9.44. The molecule has 0 saturated heterocycles. The van der Waals surface area contributed by atoms with Gasteiger partial charge in [0.15, 0.2) is 0 Å². The minimum atomic E-state index is -0.556. The van der Waals surface area contributed by atoms with E-state index in [1.807, 2.05) is 0 Å². The summed E-state index contributed by atoms with van der Waals surface area (Å²) >= 11 is 0. The molecule has 0 aliphatic rings. The molecule has 0 saturated carbocycles. The first kappa shape index (κ1) is 8.19. The first-order valence-corrected chi connectivity index (χ1v) is 2.44. The number of rotatable bonds is 1. The Hall–Kier alpha value is -0.810. The van der Waals surface area contributed by atoms with E-state index in [0.29, 0.717) is 5.06 Å². The van der Waals surface area contributed by atoms with Crippen LogP contribution in [0.5, 0.6) is 0 Å². The van der Waals surface area contributed by atoms with Crippen LogP contribution in [-0.2, 0) is 0 Å². The third-order valence-corrected chi connectivity index (χ3v) is 0.613. The molecule has 0 aromatic rings. The Morgan fingerprint density at radius 1 is 1.44 bits per heavy atom. The second-order valence-corrected chi connectivity index (χ2v) is 1.83. The molecule has 0 heterocycles. The van der Waals surface area contributed by atoms with Crippen molar-refractivity contribution in [1.82, 2.24) is 15.5 Å². The number of hydrogen-bond acceptors (Lipinski definition) is 3. The van der Waals surface area contributed by atoms with Crippen molar-refractivity contribution in [2.45, 2.75) is 0 Å². The lowest BCUT2D eigenvalue weighted by Gasteiger charge is -2.14. The highest BCUT2D eigenvalue weighted by atomic mass is 16.5. The van der Waals surface area contributed by atoms with Crippen molar-refractivity contribution < 1.29 is 10.0 Å². The lowest BCUT2D eigenvalue weighted by Crippen LogP contribution is -2.42. The standard InChI is InChI=1S/C4H11N3O2/c1-6(2)5-4(8)7(3)9/h9H,1-3H3,(H,5,8). The molecule has 0 radical (unpaired) electrons. The quantitative estimate of drug-likeness (QED) is 0.374. The van der Waals surface area contributed by atoms with E-state index >= 15 is 0 Å². The van der Waals surface area contributed by atoms with Crippen molar-refractivity contribution in [3.8, 4) is 0 Å². The van der Waals surface area contributed by atoms with E-state index in [-0.39, 0.29) is 0 Å². The largest absolute Gasteiger partial charge is 0.355 e. The molecule has 0 bridgehead atoms. The van der Waals surface area contributed by atoms with Crippen LogP contribution in [0.15, 0.2) is 0 Å². The molecule has 0 spiro atoms. The number of hydrazine groups is 1. The summed E-state index contributed by atoms with van der Waals surface area (Å²) in [6, 6.07) is -0.556. The second kappa shape index (κ2) is 3.26. The second-order valence-electron chi connectivity index (χ2n) is 1.83. The van der Waals surface area contributed by atoms with Gasteiger partial charge in [-0.1, -0.05) is 0 Å². The fourth-order valence-electron chi connectivity index (χ4n) is 0.264. The topological polar surface area (TPSA) is 55.8 Å². The van der Waals surface area contributed by atoms with E-state index in [9.17, 15) is 4.79 Å². The number of carbonyl (C=O) groups is 1. The van der Waals surface area contributed by atoms with Gasteiger partial charge in [0.1, 0.15) is 0 Å². The summed E-state index contributed by atoms with van der Waals surface area (Å²) in [7, 11) is 4.56. The van der Waals surface area contributed by atoms with Crippen LogP contribution in [0, 0.1) is 0 Å². The number of urea groups is 1. The Kier molecular flexibility index (Phi) is 2.97. The van der Waals surface area contributed by atoms with E-state index in [1.54, 1.807) is 14.1 Å². The smallest absolute Gasteiger partial charge is 0.285 e. The summed E-state index contributed by atoms with van der Waals surface area (Å²) in [6.07, 6.45) is 0. The average molecular weight is 133 g/mol. The van der Waals surface area contributed by atoms with E-state index in [4.69, 9.17) is 5.21 Å². The zero-order chi connectivity index (χ0) is 7.44. The van der Waals surface area contributed by atoms with Crippen LogP contribution in [0.25, 0.3) is 0 Å². The van der Waals surface area contributed by atoms with E-state index in [0.717, 1.165) is 0 Å². The summed E-state index contributed by atoms with van der Waals surface area (Å²) < 4.78 is 0. The molecule has 2 N–H and O–H groups in total. The molecule has 0 rings (SSSR count). The van der Waals surface area contributed by atoms with Crippen molar-refractivity contribution in [3.05, 3.63) is 0 Å².